The van der Waals surface area contributed by atoms with Gasteiger partial charge in [-0.1, -0.05) is 6.92 Å². The fraction of sp³-hybridized carbons (Fsp3) is 0.500. The second kappa shape index (κ2) is 5.31. The van der Waals surface area contributed by atoms with E-state index in [2.05, 4.69) is 5.32 Å². The largest absolute Gasteiger partial charge is 0.481 e. The smallest absolute Gasteiger partial charge is 0.305 e. The molecule has 0 fully saturated rings. The lowest BCUT2D eigenvalue weighted by Gasteiger charge is -2.27. The van der Waals surface area contributed by atoms with Gasteiger partial charge in [0.2, 0.25) is 0 Å². The summed E-state index contributed by atoms with van der Waals surface area (Å²) in [7, 11) is 0. The first-order valence-electron chi connectivity index (χ1n) is 5.46. The van der Waals surface area contributed by atoms with Crippen LogP contribution in [0.3, 0.4) is 0 Å². The van der Waals surface area contributed by atoms with Crippen molar-refractivity contribution in [2.24, 2.45) is 0 Å². The van der Waals surface area contributed by atoms with E-state index < -0.39 is 11.5 Å². The molecular weight excluding hydrogens is 238 g/mol. The Kier molecular flexibility index (Phi) is 4.28. The van der Waals surface area contributed by atoms with Crippen LogP contribution in [0.1, 0.15) is 41.9 Å². The number of rotatable bonds is 5. The van der Waals surface area contributed by atoms with Crippen LogP contribution in [0.15, 0.2) is 11.4 Å². The summed E-state index contributed by atoms with van der Waals surface area (Å²) in [6, 6.07) is 1.88. The van der Waals surface area contributed by atoms with Crippen LogP contribution in [0, 0.1) is 6.92 Å². The van der Waals surface area contributed by atoms with Crippen molar-refractivity contribution in [1.29, 1.82) is 0 Å². The van der Waals surface area contributed by atoms with Crippen molar-refractivity contribution in [3.05, 3.63) is 21.9 Å². The maximum atomic E-state index is 12.0. The first-order valence-corrected chi connectivity index (χ1v) is 6.34. The lowest BCUT2D eigenvalue weighted by Crippen LogP contribution is -2.46. The predicted molar refractivity (Wildman–Crippen MR) is 67.5 cm³/mol. The molecule has 4 nitrogen and oxygen atoms in total. The quantitative estimate of drug-likeness (QED) is 0.849. The number of nitrogens with one attached hydrogen (secondary N) is 1. The van der Waals surface area contributed by atoms with E-state index in [-0.39, 0.29) is 12.3 Å². The van der Waals surface area contributed by atoms with Crippen molar-refractivity contribution < 1.29 is 14.7 Å². The average molecular weight is 255 g/mol. The van der Waals surface area contributed by atoms with E-state index >= 15 is 0 Å². The second-order valence-corrected chi connectivity index (χ2v) is 5.29. The van der Waals surface area contributed by atoms with Gasteiger partial charge in [-0.25, -0.2) is 0 Å². The van der Waals surface area contributed by atoms with Gasteiger partial charge in [-0.15, -0.1) is 11.3 Å². The summed E-state index contributed by atoms with van der Waals surface area (Å²) in [5.41, 5.74) is 0.223. The van der Waals surface area contributed by atoms with Crippen LogP contribution >= 0.6 is 11.3 Å². The first-order chi connectivity index (χ1) is 7.88. The normalized spacial score (nSPS) is 14.1. The van der Waals surface area contributed by atoms with Gasteiger partial charge in [0, 0.05) is 5.54 Å². The molecule has 1 rings (SSSR count). The van der Waals surface area contributed by atoms with E-state index in [1.807, 2.05) is 25.3 Å². The molecule has 5 heteroatoms. The average Bonchev–Trinajstić information content (AvgIpc) is 2.63. The summed E-state index contributed by atoms with van der Waals surface area (Å²) in [5, 5.41) is 13.5. The minimum atomic E-state index is -0.905. The second-order valence-electron chi connectivity index (χ2n) is 4.37. The molecule has 0 bridgehead atoms. The SMILES string of the molecule is CC[C@@](C)(CC(=O)O)NC(=O)c1sccc1C. The zero-order valence-corrected chi connectivity index (χ0v) is 11.1. The van der Waals surface area contributed by atoms with Gasteiger partial charge >= 0.3 is 5.97 Å². The molecule has 94 valence electrons. The number of aliphatic carboxylic acids is 1. The Morgan fingerprint density at radius 1 is 1.53 bits per heavy atom. The molecular formula is C12H17NO3S. The molecule has 1 aromatic heterocycles. The van der Waals surface area contributed by atoms with Crippen LogP contribution in [0.5, 0.6) is 0 Å². The van der Waals surface area contributed by atoms with E-state index in [0.29, 0.717) is 11.3 Å². The van der Waals surface area contributed by atoms with E-state index in [1.54, 1.807) is 6.92 Å². The molecule has 0 aliphatic carbocycles. The Labute approximate surface area is 105 Å². The van der Waals surface area contributed by atoms with E-state index in [0.717, 1.165) is 5.56 Å². The van der Waals surface area contributed by atoms with Gasteiger partial charge in [0.05, 0.1) is 11.3 Å². The zero-order chi connectivity index (χ0) is 13.1. The fourth-order valence-corrected chi connectivity index (χ4v) is 2.35. The molecule has 1 aromatic rings. The number of carbonyl (C=O) groups excluding carboxylic acids is 1. The molecule has 0 aliphatic rings. The van der Waals surface area contributed by atoms with Gasteiger partial charge in [-0.05, 0) is 37.3 Å². The molecule has 0 aliphatic heterocycles. The summed E-state index contributed by atoms with van der Waals surface area (Å²) in [4.78, 5) is 23.4. The molecule has 1 amide bonds. The van der Waals surface area contributed by atoms with Crippen molar-refractivity contribution in [1.82, 2.24) is 5.32 Å². The van der Waals surface area contributed by atoms with E-state index in [9.17, 15) is 9.59 Å². The summed E-state index contributed by atoms with van der Waals surface area (Å²) in [5.74, 6) is -1.10. The number of carboxylic acid groups (broad SMARTS) is 1. The number of thiophene rings is 1. The number of aryl methyl sites for hydroxylation is 1. The lowest BCUT2D eigenvalue weighted by molar-refractivity contribution is -0.138. The number of hydrogen-bond acceptors (Lipinski definition) is 3. The van der Waals surface area contributed by atoms with Crippen LogP contribution in [0.4, 0.5) is 0 Å². The summed E-state index contributed by atoms with van der Waals surface area (Å²) in [6.07, 6.45) is 0.509. The van der Waals surface area contributed by atoms with Crippen molar-refractivity contribution >= 4 is 23.2 Å². The standard InChI is InChI=1S/C12H17NO3S/c1-4-12(3,7-9(14)15)13-11(16)10-8(2)5-6-17-10/h5-6H,4,7H2,1-3H3,(H,13,16)(H,14,15)/t12-/m0/s1. The van der Waals surface area contributed by atoms with Gasteiger partial charge in [0.1, 0.15) is 0 Å². The van der Waals surface area contributed by atoms with Crippen LogP contribution in [-0.4, -0.2) is 22.5 Å². The van der Waals surface area contributed by atoms with Crippen LogP contribution in [0.25, 0.3) is 0 Å². The van der Waals surface area contributed by atoms with Gasteiger partial charge in [-0.2, -0.15) is 0 Å². The molecule has 0 saturated carbocycles. The molecule has 1 heterocycles. The van der Waals surface area contributed by atoms with Crippen LogP contribution in [0.2, 0.25) is 0 Å². The molecule has 17 heavy (non-hydrogen) atoms. The van der Waals surface area contributed by atoms with Gasteiger partial charge < -0.3 is 10.4 Å². The minimum absolute atomic E-state index is 0.0698. The minimum Gasteiger partial charge on any atom is -0.481 e. The molecule has 0 spiro atoms. The van der Waals surface area contributed by atoms with Crippen molar-refractivity contribution in [3.8, 4) is 0 Å². The third kappa shape index (κ3) is 3.56. The number of carbonyl (C=O) groups is 2. The van der Waals surface area contributed by atoms with Crippen LogP contribution in [-0.2, 0) is 4.79 Å². The Bertz CT molecular complexity index is 427. The molecule has 0 saturated heterocycles. The van der Waals surface area contributed by atoms with Gasteiger partial charge in [0.25, 0.3) is 5.91 Å². The summed E-state index contributed by atoms with van der Waals surface area (Å²) < 4.78 is 0. The monoisotopic (exact) mass is 255 g/mol. The van der Waals surface area contributed by atoms with Crippen LogP contribution < -0.4 is 5.32 Å². The highest BCUT2D eigenvalue weighted by molar-refractivity contribution is 7.12. The Balaban J connectivity index is 2.79. The van der Waals surface area contributed by atoms with Crippen molar-refractivity contribution in [2.45, 2.75) is 39.2 Å². The lowest BCUT2D eigenvalue weighted by atomic mass is 9.94. The first kappa shape index (κ1) is 13.7. The highest BCUT2D eigenvalue weighted by Crippen LogP contribution is 2.19. The van der Waals surface area contributed by atoms with Crippen molar-refractivity contribution in [3.63, 3.8) is 0 Å². The van der Waals surface area contributed by atoms with Gasteiger partial charge in [-0.3, -0.25) is 9.59 Å². The molecule has 1 atom stereocenters. The van der Waals surface area contributed by atoms with E-state index in [1.165, 1.54) is 11.3 Å². The predicted octanol–water partition coefficient (Wildman–Crippen LogP) is 2.43. The summed E-state index contributed by atoms with van der Waals surface area (Å²) >= 11 is 1.37. The fourth-order valence-electron chi connectivity index (χ4n) is 1.53. The number of hydrogen-bond donors (Lipinski definition) is 2. The third-order valence-electron chi connectivity index (χ3n) is 2.81. The molecule has 0 aromatic carbocycles. The Hall–Kier alpha value is -1.36. The van der Waals surface area contributed by atoms with Crippen molar-refractivity contribution in [2.75, 3.05) is 0 Å². The molecule has 0 radical (unpaired) electrons. The maximum Gasteiger partial charge on any atom is 0.305 e. The highest BCUT2D eigenvalue weighted by atomic mass is 32.1. The molecule has 0 unspecified atom stereocenters. The maximum absolute atomic E-state index is 12.0. The summed E-state index contributed by atoms with van der Waals surface area (Å²) in [6.45, 7) is 5.48. The highest BCUT2D eigenvalue weighted by Gasteiger charge is 2.28. The number of amides is 1. The molecule has 2 N–H and O–H groups in total. The Morgan fingerprint density at radius 2 is 2.18 bits per heavy atom. The topological polar surface area (TPSA) is 66.4 Å². The zero-order valence-electron chi connectivity index (χ0n) is 10.2. The number of carboxylic acids is 1. The van der Waals surface area contributed by atoms with Gasteiger partial charge in [0.15, 0.2) is 0 Å². The Morgan fingerprint density at radius 3 is 2.59 bits per heavy atom. The van der Waals surface area contributed by atoms with E-state index in [4.69, 9.17) is 5.11 Å². The third-order valence-corrected chi connectivity index (χ3v) is 3.82.